The fourth-order valence-corrected chi connectivity index (χ4v) is 7.58. The van der Waals surface area contributed by atoms with E-state index in [9.17, 15) is 9.59 Å². The van der Waals surface area contributed by atoms with Gasteiger partial charge in [-0.05, 0) is 62.0 Å². The average Bonchev–Trinajstić information content (AvgIpc) is 3.74. The van der Waals surface area contributed by atoms with Gasteiger partial charge in [-0.15, -0.1) is 10.2 Å². The van der Waals surface area contributed by atoms with Crippen molar-refractivity contribution in [2.45, 2.75) is 108 Å². The molecule has 1 aromatic heterocycles. The number of rotatable bonds is 11. The third-order valence-corrected chi connectivity index (χ3v) is 14.4. The SMILES string of the molecule is CC(C)(C)OC(=O)N1C[C@H](O[Si](C)(C)C(C)(C)C)C[C@H]1c1nnc(C(N)CCC(=O)NC(c2ccccc2)(c2ccccc2)c2ccccc2)o1. The molecule has 0 radical (unpaired) electrons. The number of nitrogens with one attached hydrogen (secondary N) is 1. The Bertz CT molecular complexity index is 1660. The highest BCUT2D eigenvalue weighted by atomic mass is 28.4. The lowest BCUT2D eigenvalue weighted by Gasteiger charge is -2.38. The van der Waals surface area contributed by atoms with Gasteiger partial charge in [0.15, 0.2) is 8.32 Å². The number of likely N-dealkylation sites (tertiary alicyclic amines) is 1. The number of carbonyl (C=O) groups excluding carboxylic acids is 2. The first kappa shape index (κ1) is 37.9. The van der Waals surface area contributed by atoms with Crippen molar-refractivity contribution < 1.29 is 23.2 Å². The van der Waals surface area contributed by atoms with Gasteiger partial charge in [0.25, 0.3) is 0 Å². The van der Waals surface area contributed by atoms with Crippen molar-refractivity contribution in [3.05, 3.63) is 119 Å². The molecule has 0 bridgehead atoms. The van der Waals surface area contributed by atoms with E-state index in [4.69, 9.17) is 19.3 Å². The normalized spacial score (nSPS) is 17.6. The first-order valence-corrected chi connectivity index (χ1v) is 20.6. The fourth-order valence-electron chi connectivity index (χ4n) is 6.23. The van der Waals surface area contributed by atoms with Crippen LogP contribution in [-0.4, -0.2) is 53.7 Å². The molecule has 272 valence electrons. The number of carbonyl (C=O) groups is 2. The molecule has 4 aromatic rings. The van der Waals surface area contributed by atoms with Crippen LogP contribution in [0.15, 0.2) is 95.4 Å². The molecule has 2 heterocycles. The standard InChI is InChI=1S/C40H53N5O5Si/c1-38(2,3)49-37(47)45-27-31(50-51(7,8)39(4,5)6)26-33(45)36-44-43-35(48-36)32(41)24-25-34(46)42-40(28-18-12-9-13-19-28,29-20-14-10-15-21-29)30-22-16-11-17-23-30/h9-23,31-33H,24-27,41H2,1-8H3,(H,42,46)/t31-,32?,33+/m1/s1. The van der Waals surface area contributed by atoms with E-state index in [0.717, 1.165) is 16.7 Å². The molecule has 0 saturated carbocycles. The van der Waals surface area contributed by atoms with Crippen LogP contribution in [0.4, 0.5) is 4.79 Å². The Morgan fingerprint density at radius 1 is 0.882 bits per heavy atom. The summed E-state index contributed by atoms with van der Waals surface area (Å²) in [6.07, 6.45) is 0.192. The molecule has 3 aromatic carbocycles. The maximum Gasteiger partial charge on any atom is 0.411 e. The Labute approximate surface area is 303 Å². The fraction of sp³-hybridized carbons (Fsp3) is 0.450. The Kier molecular flexibility index (Phi) is 11.2. The minimum atomic E-state index is -2.13. The van der Waals surface area contributed by atoms with Crippen molar-refractivity contribution in [2.24, 2.45) is 5.73 Å². The van der Waals surface area contributed by atoms with E-state index in [1.807, 2.05) is 112 Å². The van der Waals surface area contributed by atoms with Gasteiger partial charge in [0, 0.05) is 19.4 Å². The summed E-state index contributed by atoms with van der Waals surface area (Å²) in [4.78, 5) is 28.9. The van der Waals surface area contributed by atoms with Gasteiger partial charge in [-0.3, -0.25) is 9.69 Å². The zero-order valence-electron chi connectivity index (χ0n) is 31.2. The van der Waals surface area contributed by atoms with Gasteiger partial charge >= 0.3 is 6.09 Å². The topological polar surface area (TPSA) is 133 Å². The molecule has 1 aliphatic rings. The molecule has 1 aliphatic heterocycles. The van der Waals surface area contributed by atoms with E-state index < -0.39 is 37.6 Å². The second kappa shape index (κ2) is 15.1. The highest BCUT2D eigenvalue weighted by Gasteiger charge is 2.46. The lowest BCUT2D eigenvalue weighted by Crippen LogP contribution is -2.47. The molecule has 2 amide bonds. The molecule has 11 heteroatoms. The predicted octanol–water partition coefficient (Wildman–Crippen LogP) is 8.03. The van der Waals surface area contributed by atoms with E-state index in [2.05, 4.69) is 49.4 Å². The number of ether oxygens (including phenoxy) is 1. The van der Waals surface area contributed by atoms with Gasteiger partial charge in [0.2, 0.25) is 17.7 Å². The van der Waals surface area contributed by atoms with Gasteiger partial charge in [0.1, 0.15) is 17.2 Å². The first-order chi connectivity index (χ1) is 24.0. The van der Waals surface area contributed by atoms with Crippen molar-refractivity contribution in [3.63, 3.8) is 0 Å². The Morgan fingerprint density at radius 3 is 1.86 bits per heavy atom. The van der Waals surface area contributed by atoms with Crippen molar-refractivity contribution in [1.82, 2.24) is 20.4 Å². The molecule has 0 spiro atoms. The highest BCUT2D eigenvalue weighted by molar-refractivity contribution is 6.74. The first-order valence-electron chi connectivity index (χ1n) is 17.7. The third kappa shape index (κ3) is 8.77. The zero-order chi connectivity index (χ0) is 37.0. The van der Waals surface area contributed by atoms with Crippen LogP contribution in [0.5, 0.6) is 0 Å². The average molecular weight is 712 g/mol. The number of aromatic nitrogens is 2. The maximum atomic E-state index is 13.9. The molecule has 3 atom stereocenters. The molecule has 10 nitrogen and oxygen atoms in total. The van der Waals surface area contributed by atoms with Crippen LogP contribution >= 0.6 is 0 Å². The van der Waals surface area contributed by atoms with Gasteiger partial charge in [0.05, 0.1) is 12.1 Å². The van der Waals surface area contributed by atoms with Crippen LogP contribution in [0.1, 0.15) is 101 Å². The smallest absolute Gasteiger partial charge is 0.411 e. The van der Waals surface area contributed by atoms with Crippen molar-refractivity contribution >= 4 is 20.3 Å². The minimum absolute atomic E-state index is 0.00149. The van der Waals surface area contributed by atoms with E-state index in [1.54, 1.807) is 4.90 Å². The summed E-state index contributed by atoms with van der Waals surface area (Å²) < 4.78 is 18.6. The van der Waals surface area contributed by atoms with Crippen LogP contribution in [0.2, 0.25) is 18.1 Å². The number of hydrogen-bond donors (Lipinski definition) is 2. The summed E-state index contributed by atoms with van der Waals surface area (Å²) in [5, 5.41) is 12.0. The summed E-state index contributed by atoms with van der Waals surface area (Å²) in [6.45, 7) is 16.8. The lowest BCUT2D eigenvalue weighted by molar-refractivity contribution is -0.122. The van der Waals surface area contributed by atoms with Gasteiger partial charge in [-0.1, -0.05) is 112 Å². The molecular formula is C40H53N5O5Si. The largest absolute Gasteiger partial charge is 0.444 e. The monoisotopic (exact) mass is 711 g/mol. The Morgan fingerprint density at radius 2 is 1.39 bits per heavy atom. The van der Waals surface area contributed by atoms with Crippen molar-refractivity contribution in [2.75, 3.05) is 6.54 Å². The van der Waals surface area contributed by atoms with Crippen LogP contribution in [0, 0.1) is 0 Å². The van der Waals surface area contributed by atoms with Crippen LogP contribution < -0.4 is 11.1 Å². The van der Waals surface area contributed by atoms with Crippen LogP contribution in [0.3, 0.4) is 0 Å². The predicted molar refractivity (Wildman–Crippen MR) is 200 cm³/mol. The number of benzene rings is 3. The molecule has 1 unspecified atom stereocenters. The molecule has 51 heavy (non-hydrogen) atoms. The molecule has 3 N–H and O–H groups in total. The highest BCUT2D eigenvalue weighted by Crippen LogP contribution is 2.42. The number of hydrogen-bond acceptors (Lipinski definition) is 8. The van der Waals surface area contributed by atoms with Crippen molar-refractivity contribution in [1.29, 1.82) is 0 Å². The molecular weight excluding hydrogens is 659 g/mol. The van der Waals surface area contributed by atoms with E-state index in [-0.39, 0.29) is 41.7 Å². The number of nitrogens with zero attached hydrogens (tertiary/aromatic N) is 3. The Balaban J connectivity index is 1.34. The van der Waals surface area contributed by atoms with Crippen LogP contribution in [-0.2, 0) is 19.5 Å². The summed E-state index contributed by atoms with van der Waals surface area (Å²) >= 11 is 0. The van der Waals surface area contributed by atoms with Gasteiger partial charge < -0.3 is 24.6 Å². The van der Waals surface area contributed by atoms with Gasteiger partial charge in [-0.2, -0.15) is 0 Å². The van der Waals surface area contributed by atoms with Gasteiger partial charge in [-0.25, -0.2) is 4.79 Å². The Hall–Kier alpha value is -4.32. The van der Waals surface area contributed by atoms with E-state index >= 15 is 0 Å². The van der Waals surface area contributed by atoms with Crippen LogP contribution in [0.25, 0.3) is 0 Å². The summed E-state index contributed by atoms with van der Waals surface area (Å²) in [6, 6.07) is 28.6. The second-order valence-corrected chi connectivity index (χ2v) is 20.7. The zero-order valence-corrected chi connectivity index (χ0v) is 32.2. The molecule has 1 saturated heterocycles. The van der Waals surface area contributed by atoms with E-state index in [0.29, 0.717) is 13.0 Å². The number of nitrogens with two attached hydrogens (primary N) is 1. The third-order valence-electron chi connectivity index (χ3n) is 9.85. The second-order valence-electron chi connectivity index (χ2n) is 15.9. The maximum absolute atomic E-state index is 13.9. The lowest BCUT2D eigenvalue weighted by atomic mass is 9.77. The van der Waals surface area contributed by atoms with Crippen molar-refractivity contribution in [3.8, 4) is 0 Å². The molecule has 1 fully saturated rings. The quantitative estimate of drug-likeness (QED) is 0.118. The summed E-state index contributed by atoms with van der Waals surface area (Å²) in [7, 11) is -2.13. The molecule has 0 aliphatic carbocycles. The summed E-state index contributed by atoms with van der Waals surface area (Å²) in [5.74, 6) is 0.295. The van der Waals surface area contributed by atoms with E-state index in [1.165, 1.54) is 0 Å². The molecule has 5 rings (SSSR count). The number of amides is 2. The summed E-state index contributed by atoms with van der Waals surface area (Å²) in [5.41, 5.74) is 7.78. The minimum Gasteiger partial charge on any atom is -0.444 e.